The predicted molar refractivity (Wildman–Crippen MR) is 112 cm³/mol. The van der Waals surface area contributed by atoms with Crippen LogP contribution in [0.3, 0.4) is 0 Å². The molecule has 0 spiro atoms. The minimum absolute atomic E-state index is 0.125. The number of hydrogen-bond acceptors (Lipinski definition) is 5. The van der Waals surface area contributed by atoms with E-state index in [9.17, 15) is 5.11 Å². The summed E-state index contributed by atoms with van der Waals surface area (Å²) in [6, 6.07) is 18.0. The number of aliphatic hydroxyl groups is 1. The number of hydrogen-bond donors (Lipinski definition) is 1. The van der Waals surface area contributed by atoms with Gasteiger partial charge in [0.05, 0.1) is 13.2 Å². The molecular formula is C24H27N3O2. The van der Waals surface area contributed by atoms with E-state index in [-0.39, 0.29) is 6.04 Å². The lowest BCUT2D eigenvalue weighted by molar-refractivity contribution is -0.0629. The number of aromatic nitrogens is 2. The van der Waals surface area contributed by atoms with Gasteiger partial charge in [0.25, 0.3) is 0 Å². The van der Waals surface area contributed by atoms with Crippen LogP contribution in [0, 0.1) is 0 Å². The van der Waals surface area contributed by atoms with Crippen LogP contribution >= 0.6 is 0 Å². The molecule has 1 aliphatic heterocycles. The molecule has 1 unspecified atom stereocenters. The van der Waals surface area contributed by atoms with E-state index in [0.29, 0.717) is 13.2 Å². The molecule has 1 fully saturated rings. The Bertz CT molecular complexity index is 829. The van der Waals surface area contributed by atoms with Gasteiger partial charge in [0, 0.05) is 55.0 Å². The summed E-state index contributed by atoms with van der Waals surface area (Å²) in [4.78, 5) is 11.0. The third-order valence-electron chi connectivity index (χ3n) is 5.72. The van der Waals surface area contributed by atoms with Crippen LogP contribution in [0.5, 0.6) is 0 Å². The minimum Gasteiger partial charge on any atom is -0.379 e. The fourth-order valence-electron chi connectivity index (χ4n) is 4.22. The summed E-state index contributed by atoms with van der Waals surface area (Å²) in [6.45, 7) is 2.95. The Labute approximate surface area is 172 Å². The van der Waals surface area contributed by atoms with Crippen LogP contribution in [0.15, 0.2) is 79.4 Å². The Kier molecular flexibility index (Phi) is 6.30. The molecular weight excluding hydrogens is 362 g/mol. The molecule has 0 radical (unpaired) electrons. The molecule has 0 saturated carbocycles. The largest absolute Gasteiger partial charge is 0.379 e. The van der Waals surface area contributed by atoms with Gasteiger partial charge in [-0.3, -0.25) is 14.9 Å². The van der Waals surface area contributed by atoms with E-state index in [1.165, 1.54) is 5.56 Å². The van der Waals surface area contributed by atoms with Crippen molar-refractivity contribution in [3.63, 3.8) is 0 Å². The van der Waals surface area contributed by atoms with Crippen molar-refractivity contribution in [1.29, 1.82) is 0 Å². The highest BCUT2D eigenvalue weighted by molar-refractivity contribution is 5.36. The standard InChI is InChI=1S/C24H27N3O2/c28-24(21-8-4-12-25-18-21,22-9-5-13-26-19-22)23(27-14-16-29-17-15-27)11-10-20-6-2-1-3-7-20/h1-9,12-13,18-19,23,28H,10-11,14-17H2. The number of benzene rings is 1. The van der Waals surface area contributed by atoms with E-state index in [2.05, 4.69) is 39.1 Å². The number of rotatable bonds is 7. The number of pyridine rings is 2. The lowest BCUT2D eigenvalue weighted by atomic mass is 9.78. The highest BCUT2D eigenvalue weighted by Gasteiger charge is 2.44. The molecule has 0 bridgehead atoms. The Morgan fingerprint density at radius 1 is 0.897 bits per heavy atom. The Balaban J connectivity index is 1.75. The first-order valence-electron chi connectivity index (χ1n) is 10.2. The summed E-state index contributed by atoms with van der Waals surface area (Å²) in [6.07, 6.45) is 8.70. The van der Waals surface area contributed by atoms with Gasteiger partial charge < -0.3 is 9.84 Å². The number of ether oxygens (including phenoxy) is 1. The maximum atomic E-state index is 12.3. The lowest BCUT2D eigenvalue weighted by Crippen LogP contribution is -2.55. The zero-order chi connectivity index (χ0) is 19.9. The Morgan fingerprint density at radius 3 is 2.07 bits per heavy atom. The number of nitrogens with zero attached hydrogens (tertiary/aromatic N) is 3. The van der Waals surface area contributed by atoms with Crippen molar-refractivity contribution in [3.05, 3.63) is 96.1 Å². The first-order valence-corrected chi connectivity index (χ1v) is 10.2. The van der Waals surface area contributed by atoms with Crippen molar-refractivity contribution in [2.75, 3.05) is 26.3 Å². The first kappa shape index (κ1) is 19.7. The fraction of sp³-hybridized carbons (Fsp3) is 0.333. The summed E-state index contributed by atoms with van der Waals surface area (Å²) in [5, 5.41) is 12.3. The minimum atomic E-state index is -1.21. The van der Waals surface area contributed by atoms with E-state index in [1.54, 1.807) is 24.8 Å². The first-order chi connectivity index (χ1) is 14.3. The number of morpholine rings is 1. The second-order valence-corrected chi connectivity index (χ2v) is 7.44. The Hall–Kier alpha value is -2.60. The second kappa shape index (κ2) is 9.27. The lowest BCUT2D eigenvalue weighted by Gasteiger charge is -2.44. The zero-order valence-electron chi connectivity index (χ0n) is 16.5. The maximum absolute atomic E-state index is 12.3. The van der Waals surface area contributed by atoms with Gasteiger partial charge in [-0.25, -0.2) is 0 Å². The van der Waals surface area contributed by atoms with Crippen LogP contribution in [0.1, 0.15) is 23.1 Å². The SMILES string of the molecule is OC(c1cccnc1)(c1cccnc1)C(CCc1ccccc1)N1CCOCC1. The quantitative estimate of drug-likeness (QED) is 0.673. The highest BCUT2D eigenvalue weighted by Crippen LogP contribution is 2.37. The van der Waals surface area contributed by atoms with Crippen LogP contribution in [0.25, 0.3) is 0 Å². The molecule has 4 rings (SSSR count). The monoisotopic (exact) mass is 389 g/mol. The zero-order valence-corrected chi connectivity index (χ0v) is 16.5. The van der Waals surface area contributed by atoms with Crippen LogP contribution in [0.4, 0.5) is 0 Å². The van der Waals surface area contributed by atoms with Crippen molar-refractivity contribution in [3.8, 4) is 0 Å². The molecule has 1 N–H and O–H groups in total. The van der Waals surface area contributed by atoms with E-state index in [4.69, 9.17) is 4.74 Å². The van der Waals surface area contributed by atoms with Crippen molar-refractivity contribution in [2.45, 2.75) is 24.5 Å². The number of aryl methyl sites for hydroxylation is 1. The van der Waals surface area contributed by atoms with Gasteiger partial charge in [0.15, 0.2) is 0 Å². The highest BCUT2D eigenvalue weighted by atomic mass is 16.5. The fourth-order valence-corrected chi connectivity index (χ4v) is 4.22. The molecule has 3 heterocycles. The Morgan fingerprint density at radius 2 is 1.52 bits per heavy atom. The molecule has 1 aliphatic rings. The summed E-state index contributed by atoms with van der Waals surface area (Å²) in [5.41, 5.74) is 1.63. The second-order valence-electron chi connectivity index (χ2n) is 7.44. The van der Waals surface area contributed by atoms with E-state index in [1.807, 2.05) is 30.3 Å². The van der Waals surface area contributed by atoms with Crippen molar-refractivity contribution < 1.29 is 9.84 Å². The molecule has 150 valence electrons. The molecule has 1 aromatic carbocycles. The summed E-state index contributed by atoms with van der Waals surface area (Å²) in [7, 11) is 0. The van der Waals surface area contributed by atoms with E-state index >= 15 is 0 Å². The van der Waals surface area contributed by atoms with Gasteiger partial charge in [0.2, 0.25) is 0 Å². The van der Waals surface area contributed by atoms with E-state index < -0.39 is 5.60 Å². The van der Waals surface area contributed by atoms with Crippen molar-refractivity contribution >= 4 is 0 Å². The van der Waals surface area contributed by atoms with Crippen LogP contribution < -0.4 is 0 Å². The van der Waals surface area contributed by atoms with Crippen LogP contribution in [-0.2, 0) is 16.8 Å². The molecule has 29 heavy (non-hydrogen) atoms. The molecule has 2 aromatic heterocycles. The van der Waals surface area contributed by atoms with Crippen molar-refractivity contribution in [2.24, 2.45) is 0 Å². The van der Waals surface area contributed by atoms with Gasteiger partial charge >= 0.3 is 0 Å². The molecule has 5 heteroatoms. The molecule has 0 amide bonds. The average molecular weight is 389 g/mol. The van der Waals surface area contributed by atoms with E-state index in [0.717, 1.165) is 37.1 Å². The van der Waals surface area contributed by atoms with Gasteiger partial charge in [-0.2, -0.15) is 0 Å². The topological polar surface area (TPSA) is 58.5 Å². The van der Waals surface area contributed by atoms with Gasteiger partial charge in [-0.05, 0) is 30.5 Å². The maximum Gasteiger partial charge on any atom is 0.133 e. The van der Waals surface area contributed by atoms with Gasteiger partial charge in [0.1, 0.15) is 5.60 Å². The molecule has 1 saturated heterocycles. The van der Waals surface area contributed by atoms with Crippen LogP contribution in [-0.4, -0.2) is 52.3 Å². The third kappa shape index (κ3) is 4.37. The summed E-state index contributed by atoms with van der Waals surface area (Å²) >= 11 is 0. The third-order valence-corrected chi connectivity index (χ3v) is 5.72. The normalized spacial score (nSPS) is 16.4. The predicted octanol–water partition coefficient (Wildman–Crippen LogP) is 3.05. The molecule has 1 atom stereocenters. The molecule has 3 aromatic rings. The van der Waals surface area contributed by atoms with Crippen molar-refractivity contribution in [1.82, 2.24) is 14.9 Å². The average Bonchev–Trinajstić information content (AvgIpc) is 2.81. The summed E-state index contributed by atoms with van der Waals surface area (Å²) in [5.74, 6) is 0. The molecule has 0 aliphatic carbocycles. The van der Waals surface area contributed by atoms with Gasteiger partial charge in [-0.15, -0.1) is 0 Å². The smallest absolute Gasteiger partial charge is 0.133 e. The van der Waals surface area contributed by atoms with Crippen LogP contribution in [0.2, 0.25) is 0 Å². The summed E-state index contributed by atoms with van der Waals surface area (Å²) < 4.78 is 5.59. The molecule has 5 nitrogen and oxygen atoms in total. The van der Waals surface area contributed by atoms with Gasteiger partial charge in [-0.1, -0.05) is 42.5 Å².